The third-order valence-corrected chi connectivity index (χ3v) is 3.36. The quantitative estimate of drug-likeness (QED) is 0.585. The maximum Gasteiger partial charge on any atom is 0.252 e. The molecule has 1 aromatic carbocycles. The summed E-state index contributed by atoms with van der Waals surface area (Å²) in [5, 5.41) is 23.0. The van der Waals surface area contributed by atoms with Crippen LogP contribution < -0.4 is 10.6 Å². The number of aliphatic hydroxyl groups excluding tert-OH is 2. The molecule has 2 amide bonds. The van der Waals surface area contributed by atoms with Gasteiger partial charge in [-0.1, -0.05) is 12.1 Å². The number of amides is 2. The van der Waals surface area contributed by atoms with Gasteiger partial charge in [0.15, 0.2) is 0 Å². The zero-order chi connectivity index (χ0) is 15.2. The smallest absolute Gasteiger partial charge is 0.252 e. The Kier molecular flexibility index (Phi) is 6.12. The van der Waals surface area contributed by atoms with Crippen molar-refractivity contribution in [2.45, 2.75) is 12.5 Å². The van der Waals surface area contributed by atoms with Crippen LogP contribution in [0.5, 0.6) is 0 Å². The normalized spacial score (nSPS) is 11.0. The van der Waals surface area contributed by atoms with Crippen molar-refractivity contribution >= 4 is 27.7 Å². The summed E-state index contributed by atoms with van der Waals surface area (Å²) >= 11 is 3.25. The van der Waals surface area contributed by atoms with E-state index in [1.165, 1.54) is 6.92 Å². The van der Waals surface area contributed by atoms with Crippen LogP contribution in [0.2, 0.25) is 0 Å². The van der Waals surface area contributed by atoms with E-state index < -0.39 is 24.7 Å². The molecule has 0 spiro atoms. The molecule has 0 heterocycles. The van der Waals surface area contributed by atoms with Crippen molar-refractivity contribution in [3.05, 3.63) is 34.3 Å². The highest BCUT2D eigenvalue weighted by Crippen LogP contribution is 2.15. The fourth-order valence-electron chi connectivity index (χ4n) is 1.41. The minimum atomic E-state index is -1.10. The molecule has 0 fully saturated rings. The number of hydrogen-bond acceptors (Lipinski definition) is 4. The second-order valence-electron chi connectivity index (χ2n) is 4.59. The molecule has 0 aliphatic heterocycles. The lowest BCUT2D eigenvalue weighted by molar-refractivity contribution is -0.123. The maximum atomic E-state index is 11.9. The Labute approximate surface area is 125 Å². The van der Waals surface area contributed by atoms with Crippen molar-refractivity contribution < 1.29 is 19.8 Å². The highest BCUT2D eigenvalue weighted by Gasteiger charge is 2.24. The van der Waals surface area contributed by atoms with E-state index in [0.717, 1.165) is 0 Å². The summed E-state index contributed by atoms with van der Waals surface area (Å²) < 4.78 is 0.633. The standard InChI is InChI=1S/C13H17BrN2O4/c1-13(7-17,8-18)16-11(19)6-15-12(20)9-4-2-3-5-10(9)14/h2-5,17-18H,6-8H2,1H3,(H,15,20)(H,16,19). The Morgan fingerprint density at radius 2 is 1.85 bits per heavy atom. The minimum absolute atomic E-state index is 0.240. The lowest BCUT2D eigenvalue weighted by Crippen LogP contribution is -2.54. The van der Waals surface area contributed by atoms with Gasteiger partial charge in [-0.05, 0) is 35.0 Å². The van der Waals surface area contributed by atoms with E-state index in [9.17, 15) is 9.59 Å². The number of aliphatic hydroxyl groups is 2. The van der Waals surface area contributed by atoms with Crippen molar-refractivity contribution in [2.24, 2.45) is 0 Å². The fourth-order valence-corrected chi connectivity index (χ4v) is 1.88. The Morgan fingerprint density at radius 3 is 2.40 bits per heavy atom. The second kappa shape index (κ2) is 7.37. The van der Waals surface area contributed by atoms with Gasteiger partial charge in [0.1, 0.15) is 0 Å². The number of benzene rings is 1. The van der Waals surface area contributed by atoms with Crippen molar-refractivity contribution in [2.75, 3.05) is 19.8 Å². The van der Waals surface area contributed by atoms with Crippen LogP contribution in [-0.2, 0) is 4.79 Å². The monoisotopic (exact) mass is 344 g/mol. The van der Waals surface area contributed by atoms with Crippen LogP contribution >= 0.6 is 15.9 Å². The fraction of sp³-hybridized carbons (Fsp3) is 0.385. The van der Waals surface area contributed by atoms with Gasteiger partial charge in [0, 0.05) is 4.47 Å². The topological polar surface area (TPSA) is 98.7 Å². The van der Waals surface area contributed by atoms with E-state index in [4.69, 9.17) is 10.2 Å². The number of halogens is 1. The summed E-state index contributed by atoms with van der Waals surface area (Å²) in [7, 11) is 0. The van der Waals surface area contributed by atoms with Crippen molar-refractivity contribution in [3.8, 4) is 0 Å². The summed E-state index contributed by atoms with van der Waals surface area (Å²) in [6, 6.07) is 6.85. The van der Waals surface area contributed by atoms with Crippen molar-refractivity contribution in [1.29, 1.82) is 0 Å². The number of hydrogen-bond donors (Lipinski definition) is 4. The first-order chi connectivity index (χ1) is 9.41. The molecule has 0 aliphatic carbocycles. The first-order valence-corrected chi connectivity index (χ1v) is 6.76. The van der Waals surface area contributed by atoms with Gasteiger partial charge in [-0.2, -0.15) is 0 Å². The highest BCUT2D eigenvalue weighted by atomic mass is 79.9. The Hall–Kier alpha value is -1.44. The van der Waals surface area contributed by atoms with Gasteiger partial charge in [-0.15, -0.1) is 0 Å². The van der Waals surface area contributed by atoms with Gasteiger partial charge in [0.2, 0.25) is 5.91 Å². The van der Waals surface area contributed by atoms with Crippen LogP contribution in [-0.4, -0.2) is 47.3 Å². The van der Waals surface area contributed by atoms with Crippen LogP contribution in [0.25, 0.3) is 0 Å². The van der Waals surface area contributed by atoms with Crippen LogP contribution in [0.4, 0.5) is 0 Å². The number of carbonyl (C=O) groups is 2. The summed E-state index contributed by atoms with van der Waals surface area (Å²) in [6.07, 6.45) is 0. The Morgan fingerprint density at radius 1 is 1.25 bits per heavy atom. The van der Waals surface area contributed by atoms with E-state index >= 15 is 0 Å². The molecule has 0 saturated heterocycles. The van der Waals surface area contributed by atoms with Crippen LogP contribution in [0.1, 0.15) is 17.3 Å². The van der Waals surface area contributed by atoms with Crippen LogP contribution in [0.15, 0.2) is 28.7 Å². The number of carbonyl (C=O) groups excluding carboxylic acids is 2. The average molecular weight is 345 g/mol. The molecule has 0 saturated carbocycles. The maximum absolute atomic E-state index is 11.9. The largest absolute Gasteiger partial charge is 0.394 e. The van der Waals surface area contributed by atoms with Gasteiger partial charge >= 0.3 is 0 Å². The molecule has 1 aromatic rings. The molecule has 0 unspecified atom stereocenters. The number of nitrogens with one attached hydrogen (secondary N) is 2. The van der Waals surface area contributed by atoms with E-state index in [2.05, 4.69) is 26.6 Å². The zero-order valence-electron chi connectivity index (χ0n) is 11.0. The molecular formula is C13H17BrN2O4. The average Bonchev–Trinajstić information content (AvgIpc) is 2.45. The van der Waals surface area contributed by atoms with Crippen LogP contribution in [0.3, 0.4) is 0 Å². The van der Waals surface area contributed by atoms with E-state index in [1.807, 2.05) is 0 Å². The predicted molar refractivity (Wildman–Crippen MR) is 77.2 cm³/mol. The molecule has 110 valence electrons. The Bertz CT molecular complexity index is 489. The minimum Gasteiger partial charge on any atom is -0.394 e. The summed E-state index contributed by atoms with van der Waals surface area (Å²) in [6.45, 7) is 0.469. The Balaban J connectivity index is 2.54. The third-order valence-electron chi connectivity index (χ3n) is 2.67. The molecule has 6 nitrogen and oxygen atoms in total. The van der Waals surface area contributed by atoms with Gasteiger partial charge in [0.05, 0.1) is 30.9 Å². The molecular weight excluding hydrogens is 328 g/mol. The molecule has 0 radical (unpaired) electrons. The van der Waals surface area contributed by atoms with E-state index in [-0.39, 0.29) is 12.5 Å². The lowest BCUT2D eigenvalue weighted by atomic mass is 10.1. The lowest BCUT2D eigenvalue weighted by Gasteiger charge is -2.26. The first kappa shape index (κ1) is 16.6. The predicted octanol–water partition coefficient (Wildman–Crippen LogP) is 0.0384. The van der Waals surface area contributed by atoms with Gasteiger partial charge in [-0.25, -0.2) is 0 Å². The molecule has 0 aromatic heterocycles. The molecule has 20 heavy (non-hydrogen) atoms. The summed E-state index contributed by atoms with van der Waals surface area (Å²) in [4.78, 5) is 23.5. The van der Waals surface area contributed by atoms with Gasteiger partial charge < -0.3 is 20.8 Å². The molecule has 0 bridgehead atoms. The molecule has 1 rings (SSSR count). The third kappa shape index (κ3) is 4.59. The molecule has 0 atom stereocenters. The van der Waals surface area contributed by atoms with E-state index in [0.29, 0.717) is 10.0 Å². The van der Waals surface area contributed by atoms with Gasteiger partial charge in [0.25, 0.3) is 5.91 Å². The molecule has 0 aliphatic rings. The molecule has 4 N–H and O–H groups in total. The zero-order valence-corrected chi connectivity index (χ0v) is 12.6. The molecule has 7 heteroatoms. The summed E-state index contributed by atoms with van der Waals surface area (Å²) in [5.41, 5.74) is -0.679. The van der Waals surface area contributed by atoms with Gasteiger partial charge in [-0.3, -0.25) is 9.59 Å². The van der Waals surface area contributed by atoms with Crippen molar-refractivity contribution in [3.63, 3.8) is 0 Å². The van der Waals surface area contributed by atoms with Crippen molar-refractivity contribution in [1.82, 2.24) is 10.6 Å². The highest BCUT2D eigenvalue weighted by molar-refractivity contribution is 9.10. The van der Waals surface area contributed by atoms with E-state index in [1.54, 1.807) is 24.3 Å². The summed E-state index contributed by atoms with van der Waals surface area (Å²) in [5.74, 6) is -0.877. The first-order valence-electron chi connectivity index (χ1n) is 5.97. The number of rotatable bonds is 6. The second-order valence-corrected chi connectivity index (χ2v) is 5.44. The SMILES string of the molecule is CC(CO)(CO)NC(=O)CNC(=O)c1ccccc1Br. The van der Waals surface area contributed by atoms with Crippen LogP contribution in [0, 0.1) is 0 Å².